The fraction of sp³-hybridized carbons (Fsp3) is 0.158. The molecule has 0 aliphatic heterocycles. The van der Waals surface area contributed by atoms with E-state index in [2.05, 4.69) is 9.84 Å². The summed E-state index contributed by atoms with van der Waals surface area (Å²) in [5.74, 6) is -1.48. The van der Waals surface area contributed by atoms with Crippen molar-refractivity contribution in [1.82, 2.24) is 9.78 Å². The summed E-state index contributed by atoms with van der Waals surface area (Å²) >= 11 is 0. The fourth-order valence-corrected chi connectivity index (χ4v) is 2.50. The Labute approximate surface area is 148 Å². The van der Waals surface area contributed by atoms with Gasteiger partial charge in [0.05, 0.1) is 19.0 Å². The molecule has 0 fully saturated rings. The third-order valence-corrected chi connectivity index (χ3v) is 3.79. The van der Waals surface area contributed by atoms with Crippen LogP contribution in [0.1, 0.15) is 16.1 Å². The zero-order valence-electron chi connectivity index (χ0n) is 14.0. The Kier molecular flexibility index (Phi) is 5.07. The number of ether oxygens (including phenoxy) is 2. The molecule has 1 heterocycles. The standard InChI is InChI=1S/C19H16N2O5/c1-25-16(22)12-26-19(24)17-14-9-5-6-10-15(14)18(23)21(20-17)11-13-7-3-2-4-8-13/h2-10H,11-12H2,1H3. The summed E-state index contributed by atoms with van der Waals surface area (Å²) in [5.41, 5.74) is 0.528. The number of methoxy groups -OCH3 is 1. The quantitative estimate of drug-likeness (QED) is 0.651. The van der Waals surface area contributed by atoms with Gasteiger partial charge in [0.15, 0.2) is 12.3 Å². The van der Waals surface area contributed by atoms with Crippen LogP contribution in [0.2, 0.25) is 0 Å². The summed E-state index contributed by atoms with van der Waals surface area (Å²) in [7, 11) is 1.20. The molecule has 0 saturated carbocycles. The van der Waals surface area contributed by atoms with Gasteiger partial charge in [0.2, 0.25) is 0 Å². The number of carbonyl (C=O) groups excluding carboxylic acids is 2. The van der Waals surface area contributed by atoms with Gasteiger partial charge in [0, 0.05) is 5.39 Å². The molecular weight excluding hydrogens is 336 g/mol. The normalized spacial score (nSPS) is 10.5. The van der Waals surface area contributed by atoms with Gasteiger partial charge in [0.1, 0.15) is 0 Å². The molecule has 0 N–H and O–H groups in total. The zero-order chi connectivity index (χ0) is 18.5. The molecule has 3 aromatic rings. The van der Waals surface area contributed by atoms with Gasteiger partial charge in [-0.2, -0.15) is 5.10 Å². The minimum Gasteiger partial charge on any atom is -0.466 e. The van der Waals surface area contributed by atoms with Crippen molar-refractivity contribution >= 4 is 22.7 Å². The number of carbonyl (C=O) groups is 2. The summed E-state index contributed by atoms with van der Waals surface area (Å²) in [5, 5.41) is 4.90. The lowest BCUT2D eigenvalue weighted by Crippen LogP contribution is -2.27. The lowest BCUT2D eigenvalue weighted by atomic mass is 10.1. The molecular formula is C19H16N2O5. The lowest BCUT2D eigenvalue weighted by Gasteiger charge is -2.10. The van der Waals surface area contributed by atoms with Gasteiger partial charge >= 0.3 is 11.9 Å². The highest BCUT2D eigenvalue weighted by molar-refractivity contribution is 6.02. The second-order valence-electron chi connectivity index (χ2n) is 5.49. The van der Waals surface area contributed by atoms with E-state index in [-0.39, 0.29) is 17.8 Å². The number of nitrogens with zero attached hydrogens (tertiary/aromatic N) is 2. The Morgan fingerprint density at radius 1 is 1.00 bits per heavy atom. The molecule has 0 bridgehead atoms. The largest absolute Gasteiger partial charge is 0.466 e. The number of hydrogen-bond donors (Lipinski definition) is 0. The van der Waals surface area contributed by atoms with Crippen molar-refractivity contribution in [1.29, 1.82) is 0 Å². The summed E-state index contributed by atoms with van der Waals surface area (Å²) in [6.07, 6.45) is 0. The van der Waals surface area contributed by atoms with Crippen LogP contribution in [-0.2, 0) is 20.8 Å². The Morgan fingerprint density at radius 2 is 1.65 bits per heavy atom. The highest BCUT2D eigenvalue weighted by Gasteiger charge is 2.19. The van der Waals surface area contributed by atoms with Crippen LogP contribution in [0.25, 0.3) is 10.8 Å². The van der Waals surface area contributed by atoms with Gasteiger partial charge in [-0.3, -0.25) is 4.79 Å². The Morgan fingerprint density at radius 3 is 2.35 bits per heavy atom. The maximum absolute atomic E-state index is 12.7. The molecule has 0 aliphatic carbocycles. The van der Waals surface area contributed by atoms with Gasteiger partial charge in [-0.15, -0.1) is 0 Å². The van der Waals surface area contributed by atoms with Crippen LogP contribution in [0, 0.1) is 0 Å². The topological polar surface area (TPSA) is 87.5 Å². The first kappa shape index (κ1) is 17.3. The van der Waals surface area contributed by atoms with Gasteiger partial charge < -0.3 is 9.47 Å². The molecule has 0 atom stereocenters. The molecule has 2 aromatic carbocycles. The summed E-state index contributed by atoms with van der Waals surface area (Å²) in [6, 6.07) is 15.9. The van der Waals surface area contributed by atoms with Crippen LogP contribution in [0.4, 0.5) is 0 Å². The van der Waals surface area contributed by atoms with E-state index in [0.717, 1.165) is 5.56 Å². The van der Waals surface area contributed by atoms with Gasteiger partial charge in [-0.05, 0) is 11.6 Å². The maximum Gasteiger partial charge on any atom is 0.360 e. The average molecular weight is 352 g/mol. The second kappa shape index (κ2) is 7.60. The van der Waals surface area contributed by atoms with E-state index in [1.165, 1.54) is 11.8 Å². The molecule has 0 radical (unpaired) electrons. The monoisotopic (exact) mass is 352 g/mol. The average Bonchev–Trinajstić information content (AvgIpc) is 2.68. The van der Waals surface area contributed by atoms with Crippen molar-refractivity contribution in [3.05, 3.63) is 76.2 Å². The fourth-order valence-electron chi connectivity index (χ4n) is 2.50. The molecule has 0 amide bonds. The number of hydrogen-bond acceptors (Lipinski definition) is 6. The minimum atomic E-state index is -0.798. The Hall–Kier alpha value is -3.48. The highest BCUT2D eigenvalue weighted by atomic mass is 16.6. The molecule has 132 valence electrons. The number of fused-ring (bicyclic) bond motifs is 1. The predicted octanol–water partition coefficient (Wildman–Crippen LogP) is 1.77. The van der Waals surface area contributed by atoms with E-state index >= 15 is 0 Å². The van der Waals surface area contributed by atoms with E-state index in [9.17, 15) is 14.4 Å². The highest BCUT2D eigenvalue weighted by Crippen LogP contribution is 2.15. The first-order valence-corrected chi connectivity index (χ1v) is 7.88. The molecule has 1 aromatic heterocycles. The van der Waals surface area contributed by atoms with E-state index in [0.29, 0.717) is 10.8 Å². The van der Waals surface area contributed by atoms with Crippen molar-refractivity contribution in [2.75, 3.05) is 13.7 Å². The van der Waals surface area contributed by atoms with E-state index in [4.69, 9.17) is 4.74 Å². The van der Waals surface area contributed by atoms with E-state index in [1.807, 2.05) is 30.3 Å². The predicted molar refractivity (Wildman–Crippen MR) is 93.8 cm³/mol. The third kappa shape index (κ3) is 3.61. The zero-order valence-corrected chi connectivity index (χ0v) is 14.0. The summed E-state index contributed by atoms with van der Waals surface area (Å²) < 4.78 is 10.6. The van der Waals surface area contributed by atoms with Crippen LogP contribution in [0.5, 0.6) is 0 Å². The SMILES string of the molecule is COC(=O)COC(=O)c1nn(Cc2ccccc2)c(=O)c2ccccc12. The van der Waals surface area contributed by atoms with Crippen molar-refractivity contribution in [3.63, 3.8) is 0 Å². The number of aromatic nitrogens is 2. The number of benzene rings is 2. The third-order valence-electron chi connectivity index (χ3n) is 3.79. The summed E-state index contributed by atoms with van der Waals surface area (Å²) in [4.78, 5) is 36.3. The smallest absolute Gasteiger partial charge is 0.360 e. The molecule has 26 heavy (non-hydrogen) atoms. The number of esters is 2. The lowest BCUT2D eigenvalue weighted by molar-refractivity contribution is -0.144. The van der Waals surface area contributed by atoms with Crippen LogP contribution in [0.3, 0.4) is 0 Å². The van der Waals surface area contributed by atoms with Crippen LogP contribution in [0.15, 0.2) is 59.4 Å². The van der Waals surface area contributed by atoms with E-state index in [1.54, 1.807) is 24.3 Å². The molecule has 3 rings (SSSR count). The maximum atomic E-state index is 12.7. The number of rotatable bonds is 5. The van der Waals surface area contributed by atoms with Crippen LogP contribution < -0.4 is 5.56 Å². The van der Waals surface area contributed by atoms with Gasteiger partial charge in [-0.1, -0.05) is 48.5 Å². The molecule has 0 unspecified atom stereocenters. The minimum absolute atomic E-state index is 0.0277. The van der Waals surface area contributed by atoms with Crippen molar-refractivity contribution in [3.8, 4) is 0 Å². The van der Waals surface area contributed by atoms with E-state index < -0.39 is 18.5 Å². The molecule has 7 nitrogen and oxygen atoms in total. The Bertz CT molecular complexity index is 1010. The van der Waals surface area contributed by atoms with Crippen LogP contribution >= 0.6 is 0 Å². The first-order valence-electron chi connectivity index (χ1n) is 7.88. The first-order chi connectivity index (χ1) is 12.6. The van der Waals surface area contributed by atoms with Crippen LogP contribution in [-0.4, -0.2) is 35.4 Å². The molecule has 7 heteroatoms. The van der Waals surface area contributed by atoms with Gasteiger partial charge in [-0.25, -0.2) is 14.3 Å². The van der Waals surface area contributed by atoms with Crippen molar-refractivity contribution < 1.29 is 19.1 Å². The molecule has 0 aliphatic rings. The second-order valence-corrected chi connectivity index (χ2v) is 5.49. The van der Waals surface area contributed by atoms with Crippen molar-refractivity contribution in [2.45, 2.75) is 6.54 Å². The molecule has 0 spiro atoms. The van der Waals surface area contributed by atoms with Gasteiger partial charge in [0.25, 0.3) is 5.56 Å². The Balaban J connectivity index is 2.04. The van der Waals surface area contributed by atoms with Crippen molar-refractivity contribution in [2.24, 2.45) is 0 Å². The summed E-state index contributed by atoms with van der Waals surface area (Å²) in [6.45, 7) is -0.315. The molecule has 0 saturated heterocycles.